The average molecular weight is 353 g/mol. The summed E-state index contributed by atoms with van der Waals surface area (Å²) in [6.07, 6.45) is 1.72. The second kappa shape index (κ2) is 8.54. The predicted molar refractivity (Wildman–Crippen MR) is 101 cm³/mol. The van der Waals surface area contributed by atoms with E-state index in [4.69, 9.17) is 9.47 Å². The maximum absolute atomic E-state index is 11.7. The summed E-state index contributed by atoms with van der Waals surface area (Å²) in [5.74, 6) is -0.229. The van der Waals surface area contributed by atoms with Crippen LogP contribution in [0.25, 0.3) is 10.9 Å². The van der Waals surface area contributed by atoms with E-state index < -0.39 is 5.97 Å². The summed E-state index contributed by atoms with van der Waals surface area (Å²) in [7, 11) is 1.67. The molecule has 0 saturated heterocycles. The summed E-state index contributed by atoms with van der Waals surface area (Å²) in [5, 5.41) is 10.5. The number of nitrogens with zero attached hydrogens (tertiary/aromatic N) is 1. The van der Waals surface area contributed by atoms with Gasteiger partial charge in [-0.15, -0.1) is 0 Å². The van der Waals surface area contributed by atoms with Crippen LogP contribution in [0, 0.1) is 0 Å². The monoisotopic (exact) mass is 353 g/mol. The number of fused-ring (bicyclic) bond motifs is 1. The van der Waals surface area contributed by atoms with E-state index in [1.807, 2.05) is 53.1 Å². The lowest BCUT2D eigenvalue weighted by Crippen LogP contribution is -2.10. The highest BCUT2D eigenvalue weighted by molar-refractivity contribution is 5.96. The van der Waals surface area contributed by atoms with Gasteiger partial charge in [-0.05, 0) is 30.5 Å². The van der Waals surface area contributed by atoms with Gasteiger partial charge >= 0.3 is 5.97 Å². The molecule has 1 heterocycles. The maximum atomic E-state index is 11.7. The van der Waals surface area contributed by atoms with Crippen molar-refractivity contribution in [3.05, 3.63) is 65.9 Å². The summed E-state index contributed by atoms with van der Waals surface area (Å²) in [5.41, 5.74) is 2.19. The number of unbranched alkanes of at least 4 members (excludes halogenated alkanes) is 1. The molecule has 136 valence electrons. The summed E-state index contributed by atoms with van der Waals surface area (Å²) in [6, 6.07) is 17.3. The molecular weight excluding hydrogens is 330 g/mol. The summed E-state index contributed by atoms with van der Waals surface area (Å²) >= 11 is 0. The first kappa shape index (κ1) is 18.0. The van der Waals surface area contributed by atoms with Crippen LogP contribution in [0.15, 0.2) is 54.6 Å². The molecule has 0 spiro atoms. The molecule has 0 aliphatic heterocycles. The first-order valence-electron chi connectivity index (χ1n) is 8.72. The van der Waals surface area contributed by atoms with Crippen molar-refractivity contribution in [2.45, 2.75) is 26.0 Å². The number of benzene rings is 2. The van der Waals surface area contributed by atoms with Crippen LogP contribution in [-0.4, -0.2) is 29.4 Å². The molecule has 0 amide bonds. The number of ether oxygens (including phenoxy) is 2. The van der Waals surface area contributed by atoms with Crippen molar-refractivity contribution < 1.29 is 19.4 Å². The van der Waals surface area contributed by atoms with Crippen LogP contribution in [0.3, 0.4) is 0 Å². The topological polar surface area (TPSA) is 60.7 Å². The van der Waals surface area contributed by atoms with Gasteiger partial charge in [0.15, 0.2) is 0 Å². The normalized spacial score (nSPS) is 11.0. The molecule has 3 rings (SSSR count). The summed E-state index contributed by atoms with van der Waals surface area (Å²) < 4.78 is 13.0. The molecule has 0 radical (unpaired) electrons. The standard InChI is InChI=1S/C21H23NO4/c1-25-13-6-5-12-22-18(21(23)24)14-17-10-7-11-19(20(17)22)26-15-16-8-3-2-4-9-16/h2-4,7-11,14H,5-6,12-13,15H2,1H3,(H,23,24). The fourth-order valence-electron chi connectivity index (χ4n) is 3.07. The van der Waals surface area contributed by atoms with Crippen molar-refractivity contribution in [2.75, 3.05) is 13.7 Å². The van der Waals surface area contributed by atoms with Gasteiger partial charge in [0.25, 0.3) is 0 Å². The molecular formula is C21H23NO4. The molecule has 0 fully saturated rings. The highest BCUT2D eigenvalue weighted by Crippen LogP contribution is 2.30. The predicted octanol–water partition coefficient (Wildman–Crippen LogP) is 4.35. The van der Waals surface area contributed by atoms with Crippen LogP contribution in [0.2, 0.25) is 0 Å². The minimum absolute atomic E-state index is 0.285. The van der Waals surface area contributed by atoms with E-state index in [2.05, 4.69) is 0 Å². The zero-order valence-electron chi connectivity index (χ0n) is 14.9. The fourth-order valence-corrected chi connectivity index (χ4v) is 3.07. The Balaban J connectivity index is 1.91. The van der Waals surface area contributed by atoms with Crippen LogP contribution in [-0.2, 0) is 17.9 Å². The zero-order chi connectivity index (χ0) is 18.4. The molecule has 0 saturated carbocycles. The lowest BCUT2D eigenvalue weighted by atomic mass is 10.2. The van der Waals surface area contributed by atoms with Crippen molar-refractivity contribution in [3.8, 4) is 5.75 Å². The minimum atomic E-state index is -0.929. The molecule has 5 nitrogen and oxygen atoms in total. The number of hydrogen-bond donors (Lipinski definition) is 1. The van der Waals surface area contributed by atoms with Gasteiger partial charge in [0, 0.05) is 25.6 Å². The third-order valence-electron chi connectivity index (χ3n) is 4.32. The van der Waals surface area contributed by atoms with Gasteiger partial charge < -0.3 is 19.1 Å². The van der Waals surface area contributed by atoms with Gasteiger partial charge in [-0.2, -0.15) is 0 Å². The van der Waals surface area contributed by atoms with Crippen LogP contribution in [0.1, 0.15) is 28.9 Å². The number of carbonyl (C=O) groups is 1. The Kier molecular flexibility index (Phi) is 5.92. The fraction of sp³-hybridized carbons (Fsp3) is 0.286. The maximum Gasteiger partial charge on any atom is 0.352 e. The number of hydrogen-bond acceptors (Lipinski definition) is 3. The second-order valence-corrected chi connectivity index (χ2v) is 6.15. The van der Waals surface area contributed by atoms with Crippen molar-refractivity contribution in [1.82, 2.24) is 4.57 Å². The van der Waals surface area contributed by atoms with Crippen LogP contribution in [0.5, 0.6) is 5.75 Å². The van der Waals surface area contributed by atoms with Crippen LogP contribution < -0.4 is 4.74 Å². The quantitative estimate of drug-likeness (QED) is 0.581. The lowest BCUT2D eigenvalue weighted by molar-refractivity contribution is 0.0685. The number of carboxylic acid groups (broad SMARTS) is 1. The molecule has 0 atom stereocenters. The number of aromatic nitrogens is 1. The smallest absolute Gasteiger partial charge is 0.352 e. The molecule has 0 unspecified atom stereocenters. The first-order chi connectivity index (χ1) is 12.7. The Morgan fingerprint density at radius 2 is 1.88 bits per heavy atom. The summed E-state index contributed by atoms with van der Waals surface area (Å²) in [4.78, 5) is 11.7. The molecule has 3 aromatic rings. The van der Waals surface area contributed by atoms with Gasteiger partial charge in [0.05, 0.1) is 5.52 Å². The molecule has 2 aromatic carbocycles. The number of carboxylic acids is 1. The molecule has 1 aromatic heterocycles. The third-order valence-corrected chi connectivity index (χ3v) is 4.32. The highest BCUT2D eigenvalue weighted by atomic mass is 16.5. The lowest BCUT2D eigenvalue weighted by Gasteiger charge is -2.13. The number of rotatable bonds is 9. The van der Waals surface area contributed by atoms with Gasteiger partial charge in [-0.25, -0.2) is 4.79 Å². The van der Waals surface area contributed by atoms with Crippen molar-refractivity contribution >= 4 is 16.9 Å². The minimum Gasteiger partial charge on any atom is -0.487 e. The van der Waals surface area contributed by atoms with Crippen molar-refractivity contribution in [1.29, 1.82) is 0 Å². The SMILES string of the molecule is COCCCCn1c(C(=O)O)cc2cccc(OCc3ccccc3)c21. The van der Waals surface area contributed by atoms with Gasteiger partial charge in [-0.3, -0.25) is 0 Å². The number of aromatic carboxylic acids is 1. The van der Waals surface area contributed by atoms with E-state index in [1.165, 1.54) is 0 Å². The Morgan fingerprint density at radius 3 is 2.62 bits per heavy atom. The molecule has 5 heteroatoms. The molecule has 26 heavy (non-hydrogen) atoms. The van der Waals surface area contributed by atoms with E-state index in [9.17, 15) is 9.90 Å². The average Bonchev–Trinajstić information content (AvgIpc) is 3.04. The van der Waals surface area contributed by atoms with Crippen LogP contribution in [0.4, 0.5) is 0 Å². The Morgan fingerprint density at radius 1 is 1.08 bits per heavy atom. The third kappa shape index (κ3) is 4.06. The van der Waals surface area contributed by atoms with Crippen molar-refractivity contribution in [2.24, 2.45) is 0 Å². The largest absolute Gasteiger partial charge is 0.487 e. The molecule has 0 aliphatic rings. The van der Waals surface area contributed by atoms with Gasteiger partial charge in [0.1, 0.15) is 18.1 Å². The van der Waals surface area contributed by atoms with E-state index >= 15 is 0 Å². The second-order valence-electron chi connectivity index (χ2n) is 6.15. The Hall–Kier alpha value is -2.79. The molecule has 0 bridgehead atoms. The van der Waals surface area contributed by atoms with E-state index in [0.29, 0.717) is 25.5 Å². The number of para-hydroxylation sites is 1. The van der Waals surface area contributed by atoms with Gasteiger partial charge in [0.2, 0.25) is 0 Å². The number of methoxy groups -OCH3 is 1. The van der Waals surface area contributed by atoms with E-state index in [-0.39, 0.29) is 5.69 Å². The Bertz CT molecular complexity index is 870. The van der Waals surface area contributed by atoms with Crippen LogP contribution >= 0.6 is 0 Å². The summed E-state index contributed by atoms with van der Waals surface area (Å²) in [6.45, 7) is 1.72. The first-order valence-corrected chi connectivity index (χ1v) is 8.72. The van der Waals surface area contributed by atoms with E-state index in [0.717, 1.165) is 29.3 Å². The highest BCUT2D eigenvalue weighted by Gasteiger charge is 2.17. The van der Waals surface area contributed by atoms with E-state index in [1.54, 1.807) is 13.2 Å². The van der Waals surface area contributed by atoms with Crippen molar-refractivity contribution in [3.63, 3.8) is 0 Å². The molecule has 0 aliphatic carbocycles. The molecule has 1 N–H and O–H groups in total. The van der Waals surface area contributed by atoms with Gasteiger partial charge in [-0.1, -0.05) is 42.5 Å². The Labute approximate surface area is 152 Å². The number of aryl methyl sites for hydroxylation is 1. The zero-order valence-corrected chi connectivity index (χ0v) is 14.9.